The zero-order valence-corrected chi connectivity index (χ0v) is 20.7. The van der Waals surface area contributed by atoms with E-state index in [-0.39, 0.29) is 36.0 Å². The van der Waals surface area contributed by atoms with Crippen LogP contribution in [0.3, 0.4) is 0 Å². The molecule has 174 valence electrons. The van der Waals surface area contributed by atoms with Gasteiger partial charge in [-0.2, -0.15) is 0 Å². The molecule has 0 spiro atoms. The molecule has 0 aromatic heterocycles. The van der Waals surface area contributed by atoms with Crippen LogP contribution in [0.5, 0.6) is 0 Å². The molecule has 3 aliphatic rings. The maximum absolute atomic E-state index is 12.5. The lowest BCUT2D eigenvalue weighted by atomic mass is 10.0. The number of carbonyl (C=O) groups is 1. The highest BCUT2D eigenvalue weighted by molar-refractivity contribution is 14.0. The third-order valence-electron chi connectivity index (χ3n) is 5.83. The van der Waals surface area contributed by atoms with Crippen LogP contribution in [0.25, 0.3) is 0 Å². The molecule has 1 atom stereocenters. The van der Waals surface area contributed by atoms with Crippen molar-refractivity contribution in [2.45, 2.75) is 45.1 Å². The molecule has 1 unspecified atom stereocenters. The van der Waals surface area contributed by atoms with Crippen LogP contribution in [0.2, 0.25) is 0 Å². The fraction of sp³-hybridized carbons (Fsp3) is 0.905. The Morgan fingerprint density at radius 1 is 1.10 bits per heavy atom. The van der Waals surface area contributed by atoms with Crippen LogP contribution in [-0.2, 0) is 19.0 Å². The summed E-state index contributed by atoms with van der Waals surface area (Å²) in [7, 11) is 0. The molecule has 9 heteroatoms. The van der Waals surface area contributed by atoms with Crippen molar-refractivity contribution in [1.29, 1.82) is 0 Å². The number of nitrogens with zero attached hydrogens (tertiary/aromatic N) is 3. The van der Waals surface area contributed by atoms with Gasteiger partial charge in [0.15, 0.2) is 5.96 Å². The van der Waals surface area contributed by atoms with Gasteiger partial charge >= 0.3 is 0 Å². The maximum atomic E-state index is 12.5. The van der Waals surface area contributed by atoms with E-state index in [0.717, 1.165) is 104 Å². The highest BCUT2D eigenvalue weighted by Crippen LogP contribution is 2.16. The van der Waals surface area contributed by atoms with Crippen LogP contribution in [0.4, 0.5) is 0 Å². The van der Waals surface area contributed by atoms with Crippen LogP contribution >= 0.6 is 24.0 Å². The predicted octanol–water partition coefficient (Wildman–Crippen LogP) is 1.73. The molecule has 0 aromatic carbocycles. The number of guanidine groups is 1. The Morgan fingerprint density at radius 3 is 2.50 bits per heavy atom. The average molecular weight is 538 g/mol. The summed E-state index contributed by atoms with van der Waals surface area (Å²) in [4.78, 5) is 21.5. The normalized spacial score (nSPS) is 23.4. The smallest absolute Gasteiger partial charge is 0.251 e. The van der Waals surface area contributed by atoms with Gasteiger partial charge in [-0.25, -0.2) is 0 Å². The Kier molecular flexibility index (Phi) is 12.3. The minimum absolute atomic E-state index is 0. The molecule has 8 nitrogen and oxygen atoms in total. The van der Waals surface area contributed by atoms with Gasteiger partial charge in [0.1, 0.15) is 6.10 Å². The standard InChI is InChI=1S/C21H38N4O4.HI/c1-2-22-21(23-8-4-13-28-17-18-6-15-27-16-7-18)25-11-9-24(10-12-25)20(26)19-5-3-14-29-19;/h18-19H,2-17H2,1H3,(H,22,23);1H. The molecule has 3 fully saturated rings. The number of nitrogens with one attached hydrogen (secondary N) is 1. The number of aliphatic imine (C=N–C) groups is 1. The van der Waals surface area contributed by atoms with Crippen molar-refractivity contribution in [3.8, 4) is 0 Å². The van der Waals surface area contributed by atoms with Gasteiger partial charge in [-0.05, 0) is 44.9 Å². The van der Waals surface area contributed by atoms with Crippen molar-refractivity contribution in [3.05, 3.63) is 0 Å². The molecule has 3 saturated heterocycles. The topological polar surface area (TPSA) is 75.6 Å². The fourth-order valence-corrected chi connectivity index (χ4v) is 4.06. The Balaban J connectivity index is 0.00000320. The summed E-state index contributed by atoms with van der Waals surface area (Å²) in [6.45, 7) is 10.8. The largest absolute Gasteiger partial charge is 0.381 e. The first kappa shape index (κ1) is 25.6. The zero-order chi connectivity index (χ0) is 20.3. The molecular formula is C21H39IN4O4. The number of ether oxygens (including phenoxy) is 3. The van der Waals surface area contributed by atoms with E-state index in [1.54, 1.807) is 0 Å². The van der Waals surface area contributed by atoms with E-state index in [0.29, 0.717) is 12.5 Å². The summed E-state index contributed by atoms with van der Waals surface area (Å²) in [5, 5.41) is 3.39. The molecule has 0 bridgehead atoms. The van der Waals surface area contributed by atoms with Crippen LogP contribution < -0.4 is 5.32 Å². The van der Waals surface area contributed by atoms with E-state index < -0.39 is 0 Å². The summed E-state index contributed by atoms with van der Waals surface area (Å²) in [6.07, 6.45) is 4.79. The Morgan fingerprint density at radius 2 is 1.83 bits per heavy atom. The highest BCUT2D eigenvalue weighted by Gasteiger charge is 2.30. The van der Waals surface area contributed by atoms with Crippen molar-refractivity contribution in [1.82, 2.24) is 15.1 Å². The molecule has 1 N–H and O–H groups in total. The van der Waals surface area contributed by atoms with Crippen LogP contribution in [0.1, 0.15) is 39.0 Å². The Bertz CT molecular complexity index is 517. The second kappa shape index (κ2) is 14.4. The van der Waals surface area contributed by atoms with Gasteiger partial charge in [-0.1, -0.05) is 0 Å². The van der Waals surface area contributed by atoms with Gasteiger partial charge in [0, 0.05) is 72.3 Å². The van der Waals surface area contributed by atoms with Crippen LogP contribution in [-0.4, -0.2) is 100 Å². The van der Waals surface area contributed by atoms with E-state index in [4.69, 9.17) is 19.2 Å². The van der Waals surface area contributed by atoms with Gasteiger partial charge in [0.2, 0.25) is 0 Å². The SMILES string of the molecule is CCNC(=NCCCOCC1CCOCC1)N1CCN(C(=O)C2CCCO2)CC1.I. The first-order valence-corrected chi connectivity index (χ1v) is 11.4. The van der Waals surface area contributed by atoms with Gasteiger partial charge in [0.25, 0.3) is 5.91 Å². The highest BCUT2D eigenvalue weighted by atomic mass is 127. The second-order valence-electron chi connectivity index (χ2n) is 8.03. The minimum atomic E-state index is -0.218. The quantitative estimate of drug-likeness (QED) is 0.220. The second-order valence-corrected chi connectivity index (χ2v) is 8.03. The lowest BCUT2D eigenvalue weighted by Crippen LogP contribution is -2.55. The van der Waals surface area contributed by atoms with Gasteiger partial charge < -0.3 is 29.3 Å². The summed E-state index contributed by atoms with van der Waals surface area (Å²) in [5.74, 6) is 1.75. The van der Waals surface area contributed by atoms with E-state index in [1.807, 2.05) is 4.90 Å². The molecule has 0 aliphatic carbocycles. The molecule has 0 radical (unpaired) electrons. The lowest BCUT2D eigenvalue weighted by molar-refractivity contribution is -0.142. The van der Waals surface area contributed by atoms with E-state index in [1.165, 1.54) is 0 Å². The monoisotopic (exact) mass is 538 g/mol. The summed E-state index contributed by atoms with van der Waals surface area (Å²) in [5.41, 5.74) is 0. The predicted molar refractivity (Wildman–Crippen MR) is 127 cm³/mol. The number of carbonyl (C=O) groups excluding carboxylic acids is 1. The molecule has 3 rings (SSSR count). The minimum Gasteiger partial charge on any atom is -0.381 e. The van der Waals surface area contributed by atoms with E-state index in [2.05, 4.69) is 17.1 Å². The molecule has 1 amide bonds. The number of halogens is 1. The van der Waals surface area contributed by atoms with Crippen molar-refractivity contribution < 1.29 is 19.0 Å². The number of amides is 1. The number of rotatable bonds is 8. The van der Waals surface area contributed by atoms with E-state index >= 15 is 0 Å². The Labute approximate surface area is 198 Å². The fourth-order valence-electron chi connectivity index (χ4n) is 4.06. The molecule has 30 heavy (non-hydrogen) atoms. The van der Waals surface area contributed by atoms with Crippen molar-refractivity contribution >= 4 is 35.8 Å². The Hall–Kier alpha value is -0.650. The maximum Gasteiger partial charge on any atom is 0.251 e. The average Bonchev–Trinajstić information content (AvgIpc) is 3.31. The molecular weight excluding hydrogens is 499 g/mol. The summed E-state index contributed by atoms with van der Waals surface area (Å²) >= 11 is 0. The third-order valence-corrected chi connectivity index (χ3v) is 5.83. The van der Waals surface area contributed by atoms with Crippen molar-refractivity contribution in [3.63, 3.8) is 0 Å². The van der Waals surface area contributed by atoms with Crippen LogP contribution in [0, 0.1) is 5.92 Å². The zero-order valence-electron chi connectivity index (χ0n) is 18.4. The third kappa shape index (κ3) is 8.12. The van der Waals surface area contributed by atoms with Crippen LogP contribution in [0.15, 0.2) is 4.99 Å². The molecule has 3 aliphatic heterocycles. The van der Waals surface area contributed by atoms with E-state index in [9.17, 15) is 4.79 Å². The van der Waals surface area contributed by atoms with Gasteiger partial charge in [0.05, 0.1) is 0 Å². The summed E-state index contributed by atoms with van der Waals surface area (Å²) in [6, 6.07) is 0. The van der Waals surface area contributed by atoms with Crippen molar-refractivity contribution in [2.24, 2.45) is 10.9 Å². The first-order chi connectivity index (χ1) is 14.3. The molecule has 3 heterocycles. The number of piperazine rings is 1. The molecule has 0 saturated carbocycles. The van der Waals surface area contributed by atoms with Gasteiger partial charge in [-0.15, -0.1) is 24.0 Å². The lowest BCUT2D eigenvalue weighted by Gasteiger charge is -2.37. The number of hydrogen-bond donors (Lipinski definition) is 1. The van der Waals surface area contributed by atoms with Crippen molar-refractivity contribution in [2.75, 3.05) is 72.3 Å². The van der Waals surface area contributed by atoms with Gasteiger partial charge in [-0.3, -0.25) is 9.79 Å². The number of hydrogen-bond acceptors (Lipinski definition) is 5. The first-order valence-electron chi connectivity index (χ1n) is 11.4. The summed E-state index contributed by atoms with van der Waals surface area (Å²) < 4.78 is 16.8. The molecule has 0 aromatic rings.